The van der Waals surface area contributed by atoms with Crippen LogP contribution in [0, 0.1) is 33.1 Å². The van der Waals surface area contributed by atoms with Gasteiger partial charge in [0, 0.05) is 17.7 Å². The molecule has 114 valence electrons. The van der Waals surface area contributed by atoms with Crippen molar-refractivity contribution in [3.8, 4) is 5.75 Å². The molecule has 0 atom stereocenters. The Labute approximate surface area is 130 Å². The number of aromatic nitrogens is 2. The number of halogens is 1. The van der Waals surface area contributed by atoms with E-state index in [1.165, 1.54) is 4.68 Å². The summed E-state index contributed by atoms with van der Waals surface area (Å²) in [5, 5.41) is 21.6. The molecule has 0 unspecified atom stereocenters. The second-order valence-electron chi connectivity index (χ2n) is 5.20. The number of phenols is 1. The highest BCUT2D eigenvalue weighted by Gasteiger charge is 2.14. The number of nitrogen functional groups attached to an aromatic ring is 1. The number of hydrogen-bond donors (Lipinski definition) is 3. The van der Waals surface area contributed by atoms with Gasteiger partial charge >= 0.3 is 0 Å². The van der Waals surface area contributed by atoms with Gasteiger partial charge < -0.3 is 10.8 Å². The second kappa shape index (κ2) is 6.18. The van der Waals surface area contributed by atoms with E-state index in [1.807, 2.05) is 39.8 Å². The molecule has 1 aromatic heterocycles. The molecule has 2 rings (SSSR count). The van der Waals surface area contributed by atoms with Gasteiger partial charge in [-0.1, -0.05) is 12.1 Å². The number of nitrogens with zero attached hydrogens (tertiary/aromatic N) is 2. The molecule has 0 aliphatic heterocycles. The van der Waals surface area contributed by atoms with Crippen molar-refractivity contribution in [3.63, 3.8) is 0 Å². The third-order valence-electron chi connectivity index (χ3n) is 3.60. The summed E-state index contributed by atoms with van der Waals surface area (Å²) in [7, 11) is 0. The Morgan fingerprint density at radius 2 is 1.76 bits per heavy atom. The summed E-state index contributed by atoms with van der Waals surface area (Å²) in [5.41, 5.74) is 11.2. The Morgan fingerprint density at radius 3 is 2.19 bits per heavy atom. The minimum Gasteiger partial charge on any atom is -0.507 e. The minimum atomic E-state index is -0.0742. The Morgan fingerprint density at radius 1 is 1.24 bits per heavy atom. The molecule has 4 N–H and O–H groups in total. The quantitative estimate of drug-likeness (QED) is 0.588. The zero-order valence-corrected chi connectivity index (χ0v) is 13.5. The lowest BCUT2D eigenvalue weighted by Crippen LogP contribution is -2.23. The van der Waals surface area contributed by atoms with Gasteiger partial charge in [-0.15, -0.1) is 12.4 Å². The summed E-state index contributed by atoms with van der Waals surface area (Å²) in [6.07, 6.45) is 0.715. The minimum absolute atomic E-state index is 0. The van der Waals surface area contributed by atoms with Crippen molar-refractivity contribution in [3.05, 3.63) is 45.8 Å². The molecule has 0 fully saturated rings. The molecule has 0 saturated carbocycles. The average Bonchev–Trinajstić information content (AvgIpc) is 2.64. The zero-order chi connectivity index (χ0) is 15.0. The van der Waals surface area contributed by atoms with E-state index in [-0.39, 0.29) is 18.4 Å². The van der Waals surface area contributed by atoms with Crippen LogP contribution < -0.4 is 5.73 Å². The van der Waals surface area contributed by atoms with Crippen molar-refractivity contribution in [2.24, 2.45) is 5.73 Å². The summed E-state index contributed by atoms with van der Waals surface area (Å²) in [4.78, 5) is 0. The highest BCUT2D eigenvalue weighted by Crippen LogP contribution is 2.25. The molecule has 1 aromatic carbocycles. The number of benzene rings is 1. The standard InChI is InChI=1S/C15H20N4O.ClH/c1-8-5-12(6-9(2)14(8)20)7-13-10(3)18-19(11(13)4)15(16)17;/h5-6,20H,7H2,1-4H3,(H3,16,17);1H. The van der Waals surface area contributed by atoms with Crippen molar-refractivity contribution in [2.45, 2.75) is 34.1 Å². The third-order valence-corrected chi connectivity index (χ3v) is 3.60. The molecule has 0 radical (unpaired) electrons. The summed E-state index contributed by atoms with van der Waals surface area (Å²) in [6, 6.07) is 3.96. The van der Waals surface area contributed by atoms with Crippen LogP contribution in [-0.4, -0.2) is 20.8 Å². The number of aryl methyl sites for hydroxylation is 3. The lowest BCUT2D eigenvalue weighted by Gasteiger charge is -2.08. The molecular weight excluding hydrogens is 288 g/mol. The maximum absolute atomic E-state index is 9.82. The Hall–Kier alpha value is -2.01. The van der Waals surface area contributed by atoms with Gasteiger partial charge in [0.15, 0.2) is 0 Å². The van der Waals surface area contributed by atoms with Crippen LogP contribution in [0.1, 0.15) is 33.6 Å². The van der Waals surface area contributed by atoms with Crippen molar-refractivity contribution in [2.75, 3.05) is 0 Å². The molecule has 21 heavy (non-hydrogen) atoms. The predicted molar refractivity (Wildman–Crippen MR) is 86.6 cm³/mol. The van der Waals surface area contributed by atoms with E-state index in [0.29, 0.717) is 12.2 Å². The third kappa shape index (κ3) is 3.19. The van der Waals surface area contributed by atoms with Gasteiger partial charge in [0.05, 0.1) is 5.69 Å². The highest BCUT2D eigenvalue weighted by atomic mass is 35.5. The van der Waals surface area contributed by atoms with E-state index >= 15 is 0 Å². The SMILES string of the molecule is Cc1cc(Cc2c(C)nn(C(=N)N)c2C)cc(C)c1O.Cl. The number of rotatable bonds is 2. The fraction of sp³-hybridized carbons (Fsp3) is 0.333. The number of nitrogens with one attached hydrogen (secondary N) is 1. The van der Waals surface area contributed by atoms with Gasteiger partial charge in [-0.05, 0) is 44.4 Å². The van der Waals surface area contributed by atoms with E-state index in [1.54, 1.807) is 0 Å². The van der Waals surface area contributed by atoms with E-state index in [0.717, 1.165) is 33.6 Å². The van der Waals surface area contributed by atoms with Crippen molar-refractivity contribution in [1.82, 2.24) is 9.78 Å². The van der Waals surface area contributed by atoms with Crippen LogP contribution in [0.15, 0.2) is 12.1 Å². The summed E-state index contributed by atoms with van der Waals surface area (Å²) >= 11 is 0. The van der Waals surface area contributed by atoms with Crippen LogP contribution in [0.5, 0.6) is 5.75 Å². The molecule has 0 aliphatic carbocycles. The first-order valence-electron chi connectivity index (χ1n) is 6.49. The maximum atomic E-state index is 9.82. The fourth-order valence-electron chi connectivity index (χ4n) is 2.52. The first kappa shape index (κ1) is 17.0. The van der Waals surface area contributed by atoms with Crippen molar-refractivity contribution in [1.29, 1.82) is 5.41 Å². The number of phenolic OH excluding ortho intramolecular Hbond substituents is 1. The molecule has 0 saturated heterocycles. The van der Waals surface area contributed by atoms with Crippen LogP contribution in [0.25, 0.3) is 0 Å². The summed E-state index contributed by atoms with van der Waals surface area (Å²) in [6.45, 7) is 7.62. The van der Waals surface area contributed by atoms with Crippen LogP contribution in [0.3, 0.4) is 0 Å². The normalized spacial score (nSPS) is 10.3. The van der Waals surface area contributed by atoms with Crippen LogP contribution in [0.2, 0.25) is 0 Å². The number of nitrogens with two attached hydrogens (primary N) is 1. The first-order valence-corrected chi connectivity index (χ1v) is 6.49. The molecular formula is C15H21ClN4O. The lowest BCUT2D eigenvalue weighted by atomic mass is 9.99. The topological polar surface area (TPSA) is 87.9 Å². The molecule has 5 nitrogen and oxygen atoms in total. The van der Waals surface area contributed by atoms with Gasteiger partial charge in [-0.3, -0.25) is 5.41 Å². The Kier molecular flexibility index (Phi) is 5.01. The lowest BCUT2D eigenvalue weighted by molar-refractivity contribution is 0.466. The van der Waals surface area contributed by atoms with Crippen molar-refractivity contribution < 1.29 is 5.11 Å². The van der Waals surface area contributed by atoms with Crippen LogP contribution in [0.4, 0.5) is 0 Å². The van der Waals surface area contributed by atoms with Crippen LogP contribution >= 0.6 is 12.4 Å². The largest absolute Gasteiger partial charge is 0.507 e. The maximum Gasteiger partial charge on any atom is 0.213 e. The van der Waals surface area contributed by atoms with Gasteiger partial charge in [0.1, 0.15) is 5.75 Å². The summed E-state index contributed by atoms with van der Waals surface area (Å²) in [5.74, 6) is 0.275. The molecule has 0 aliphatic rings. The fourth-order valence-corrected chi connectivity index (χ4v) is 2.52. The number of hydrogen-bond acceptors (Lipinski definition) is 3. The van der Waals surface area contributed by atoms with E-state index in [9.17, 15) is 5.11 Å². The predicted octanol–water partition coefficient (Wildman–Crippen LogP) is 2.58. The van der Waals surface area contributed by atoms with Gasteiger partial charge in [0.25, 0.3) is 0 Å². The monoisotopic (exact) mass is 308 g/mol. The molecule has 0 spiro atoms. The summed E-state index contributed by atoms with van der Waals surface area (Å²) < 4.78 is 1.45. The van der Waals surface area contributed by atoms with Gasteiger partial charge in [-0.25, -0.2) is 4.68 Å². The molecule has 0 bridgehead atoms. The average molecular weight is 309 g/mol. The zero-order valence-electron chi connectivity index (χ0n) is 12.7. The molecule has 2 aromatic rings. The first-order chi connectivity index (χ1) is 9.31. The van der Waals surface area contributed by atoms with Gasteiger partial charge in [0.2, 0.25) is 5.96 Å². The van der Waals surface area contributed by atoms with E-state index in [2.05, 4.69) is 5.10 Å². The van der Waals surface area contributed by atoms with Crippen molar-refractivity contribution >= 4 is 18.4 Å². The van der Waals surface area contributed by atoms with E-state index in [4.69, 9.17) is 11.1 Å². The number of aromatic hydroxyl groups is 1. The second-order valence-corrected chi connectivity index (χ2v) is 5.20. The Balaban J connectivity index is 0.00000220. The highest BCUT2D eigenvalue weighted by molar-refractivity contribution is 5.85. The van der Waals surface area contributed by atoms with Crippen LogP contribution in [-0.2, 0) is 6.42 Å². The molecule has 1 heterocycles. The van der Waals surface area contributed by atoms with E-state index < -0.39 is 0 Å². The molecule has 6 heteroatoms. The molecule has 0 amide bonds. The smallest absolute Gasteiger partial charge is 0.213 e. The Bertz CT molecular complexity index is 668. The van der Waals surface area contributed by atoms with Gasteiger partial charge in [-0.2, -0.15) is 5.10 Å².